The average Bonchev–Trinajstić information content (AvgIpc) is 2.72. The van der Waals surface area contributed by atoms with Gasteiger partial charge in [-0.2, -0.15) is 5.48 Å². The zero-order chi connectivity index (χ0) is 22.1. The van der Waals surface area contributed by atoms with Crippen LogP contribution < -0.4 is 16.3 Å². The second-order valence-electron chi connectivity index (χ2n) is 6.09. The molecule has 0 saturated carbocycles. The molecule has 0 aromatic heterocycles. The van der Waals surface area contributed by atoms with Gasteiger partial charge in [-0.1, -0.05) is 6.07 Å². The molecule has 2 aromatic rings. The number of nitrogens with one attached hydrogen (secondary N) is 3. The van der Waals surface area contributed by atoms with Gasteiger partial charge in [0.1, 0.15) is 5.82 Å². The van der Waals surface area contributed by atoms with Crippen molar-refractivity contribution in [3.8, 4) is 0 Å². The summed E-state index contributed by atoms with van der Waals surface area (Å²) in [5, 5.41) is 19.8. The maximum atomic E-state index is 14.8. The molecule has 0 atom stereocenters. The molecule has 0 aliphatic heterocycles. The maximum Gasteiger partial charge on any atom is 0.277 e. The zero-order valence-electron chi connectivity index (χ0n) is 16.1. The molecule has 0 aliphatic carbocycles. The van der Waals surface area contributed by atoms with Crippen molar-refractivity contribution in [1.29, 1.82) is 0 Å². The molecule has 0 radical (unpaired) electrons. The van der Waals surface area contributed by atoms with Crippen LogP contribution in [-0.4, -0.2) is 42.5 Å². The molecule has 164 valence electrons. The topological polar surface area (TPSA) is 112 Å². The Hall–Kier alpha value is -2.70. The van der Waals surface area contributed by atoms with E-state index in [2.05, 4.69) is 10.8 Å². The van der Waals surface area contributed by atoms with E-state index in [4.69, 9.17) is 19.9 Å². The van der Waals surface area contributed by atoms with E-state index in [1.807, 2.05) is 5.48 Å². The van der Waals surface area contributed by atoms with E-state index in [9.17, 15) is 18.0 Å². The van der Waals surface area contributed by atoms with Gasteiger partial charge in [-0.3, -0.25) is 14.5 Å². The van der Waals surface area contributed by atoms with Crippen LogP contribution in [0.5, 0.6) is 0 Å². The number of halogens is 3. The summed E-state index contributed by atoms with van der Waals surface area (Å²) in [6.07, 6.45) is 0. The number of aliphatic hydroxyl groups excluding tert-OH is 2. The van der Waals surface area contributed by atoms with Crippen molar-refractivity contribution in [3.63, 3.8) is 0 Å². The first-order chi connectivity index (χ1) is 14.4. The summed E-state index contributed by atoms with van der Waals surface area (Å²) in [5.41, 5.74) is 3.55. The molecule has 2 aromatic carbocycles. The predicted octanol–water partition coefficient (Wildman–Crippen LogP) is 1.82. The standard InChI is InChI=1S/C19H22F3N3O5/c1-11-2-3-15(14(20)8-11)24-18-13(19(28)25-30-7-5-27)9-12(16(21)17(18)22)10-23-29-6-4-26/h2-3,8-9,23-24,26-27H,4-7,10H2,1H3,(H,25,28). The molecule has 0 aliphatic rings. The Bertz CT molecular complexity index is 883. The van der Waals surface area contributed by atoms with Crippen LogP contribution in [0.4, 0.5) is 24.5 Å². The first-order valence-electron chi connectivity index (χ1n) is 8.91. The molecule has 0 spiro atoms. The van der Waals surface area contributed by atoms with Gasteiger partial charge < -0.3 is 15.5 Å². The van der Waals surface area contributed by atoms with Crippen LogP contribution in [0, 0.1) is 24.4 Å². The fraction of sp³-hybridized carbons (Fsp3) is 0.316. The molecule has 8 nitrogen and oxygen atoms in total. The van der Waals surface area contributed by atoms with Crippen LogP contribution in [0.1, 0.15) is 21.5 Å². The quantitative estimate of drug-likeness (QED) is 0.274. The smallest absolute Gasteiger partial charge is 0.277 e. The minimum Gasteiger partial charge on any atom is -0.394 e. The lowest BCUT2D eigenvalue weighted by Gasteiger charge is -2.17. The van der Waals surface area contributed by atoms with Crippen LogP contribution in [0.15, 0.2) is 24.3 Å². The Balaban J connectivity index is 2.41. The fourth-order valence-corrected chi connectivity index (χ4v) is 2.43. The number of hydrogen-bond donors (Lipinski definition) is 5. The number of aryl methyl sites for hydroxylation is 1. The van der Waals surface area contributed by atoms with Gasteiger partial charge in [0.2, 0.25) is 0 Å². The highest BCUT2D eigenvalue weighted by molar-refractivity contribution is 6.00. The Morgan fingerprint density at radius 1 is 1.03 bits per heavy atom. The summed E-state index contributed by atoms with van der Waals surface area (Å²) in [7, 11) is 0. The van der Waals surface area contributed by atoms with Crippen molar-refractivity contribution in [3.05, 3.63) is 58.4 Å². The molecule has 0 heterocycles. The molecule has 0 bridgehead atoms. The number of aliphatic hydroxyl groups is 2. The summed E-state index contributed by atoms with van der Waals surface area (Å²) >= 11 is 0. The second kappa shape index (κ2) is 11.5. The SMILES string of the molecule is Cc1ccc(Nc2c(C(=O)NOCCO)cc(CNOCCO)c(F)c2F)c(F)c1. The van der Waals surface area contributed by atoms with E-state index in [1.165, 1.54) is 12.1 Å². The van der Waals surface area contributed by atoms with Crippen LogP contribution >= 0.6 is 0 Å². The molecule has 0 saturated heterocycles. The van der Waals surface area contributed by atoms with Crippen LogP contribution in [0.3, 0.4) is 0 Å². The normalized spacial score (nSPS) is 10.9. The highest BCUT2D eigenvalue weighted by Crippen LogP contribution is 2.30. The highest BCUT2D eigenvalue weighted by atomic mass is 19.2. The minimum absolute atomic E-state index is 0.0845. The van der Waals surface area contributed by atoms with Crippen LogP contribution in [-0.2, 0) is 16.2 Å². The molecular formula is C19H22F3N3O5. The first-order valence-corrected chi connectivity index (χ1v) is 8.91. The number of hydroxylamine groups is 2. The third-order valence-corrected chi connectivity index (χ3v) is 3.83. The minimum atomic E-state index is -1.41. The molecule has 30 heavy (non-hydrogen) atoms. The Kier molecular flexibility index (Phi) is 9.02. The van der Waals surface area contributed by atoms with E-state index in [-0.39, 0.29) is 49.8 Å². The number of carbonyl (C=O) groups excluding carboxylic acids is 1. The van der Waals surface area contributed by atoms with Crippen LogP contribution in [0.25, 0.3) is 0 Å². The largest absolute Gasteiger partial charge is 0.394 e. The third kappa shape index (κ3) is 6.15. The van der Waals surface area contributed by atoms with Crippen molar-refractivity contribution in [2.75, 3.05) is 31.7 Å². The summed E-state index contributed by atoms with van der Waals surface area (Å²) in [6.45, 7) is 0.359. The van der Waals surface area contributed by atoms with Crippen molar-refractivity contribution < 1.29 is 37.9 Å². The van der Waals surface area contributed by atoms with E-state index in [1.54, 1.807) is 13.0 Å². The number of carbonyl (C=O) groups is 1. The van der Waals surface area contributed by atoms with Gasteiger partial charge in [0.05, 0.1) is 43.4 Å². The van der Waals surface area contributed by atoms with E-state index >= 15 is 0 Å². The molecule has 1 amide bonds. The van der Waals surface area contributed by atoms with Gasteiger partial charge in [-0.25, -0.2) is 18.7 Å². The second-order valence-corrected chi connectivity index (χ2v) is 6.09. The number of anilines is 2. The van der Waals surface area contributed by atoms with Gasteiger partial charge in [0.15, 0.2) is 11.6 Å². The van der Waals surface area contributed by atoms with Gasteiger partial charge >= 0.3 is 0 Å². The number of hydrogen-bond acceptors (Lipinski definition) is 7. The lowest BCUT2D eigenvalue weighted by Crippen LogP contribution is -2.27. The first kappa shape index (κ1) is 23.6. The highest BCUT2D eigenvalue weighted by Gasteiger charge is 2.23. The molecule has 2 rings (SSSR count). The van der Waals surface area contributed by atoms with Gasteiger partial charge in [0, 0.05) is 12.1 Å². The van der Waals surface area contributed by atoms with Crippen molar-refractivity contribution in [2.24, 2.45) is 0 Å². The summed E-state index contributed by atoms with van der Waals surface area (Å²) in [4.78, 5) is 22.0. The van der Waals surface area contributed by atoms with E-state index < -0.39 is 29.0 Å². The number of rotatable bonds is 11. The van der Waals surface area contributed by atoms with Gasteiger partial charge in [-0.15, -0.1) is 0 Å². The van der Waals surface area contributed by atoms with E-state index in [0.717, 1.165) is 6.07 Å². The number of benzene rings is 2. The maximum absolute atomic E-state index is 14.8. The van der Waals surface area contributed by atoms with Gasteiger partial charge in [-0.05, 0) is 30.7 Å². The average molecular weight is 429 g/mol. The molecule has 0 fully saturated rings. The fourth-order valence-electron chi connectivity index (χ4n) is 2.43. The number of amides is 1. The predicted molar refractivity (Wildman–Crippen MR) is 101 cm³/mol. The van der Waals surface area contributed by atoms with Crippen LogP contribution in [0.2, 0.25) is 0 Å². The van der Waals surface area contributed by atoms with Crippen molar-refractivity contribution in [2.45, 2.75) is 13.5 Å². The lowest BCUT2D eigenvalue weighted by atomic mass is 10.1. The molecule has 11 heteroatoms. The Morgan fingerprint density at radius 3 is 2.40 bits per heavy atom. The van der Waals surface area contributed by atoms with E-state index in [0.29, 0.717) is 5.56 Å². The third-order valence-electron chi connectivity index (χ3n) is 3.83. The summed E-state index contributed by atoms with van der Waals surface area (Å²) in [5.74, 6) is -4.36. The Morgan fingerprint density at radius 2 is 1.73 bits per heavy atom. The Labute approximate surface area is 170 Å². The summed E-state index contributed by atoms with van der Waals surface area (Å²) in [6, 6.07) is 5.11. The van der Waals surface area contributed by atoms with Crippen molar-refractivity contribution >= 4 is 17.3 Å². The monoisotopic (exact) mass is 429 g/mol. The lowest BCUT2D eigenvalue weighted by molar-refractivity contribution is 0.0131. The summed E-state index contributed by atoms with van der Waals surface area (Å²) < 4.78 is 43.5. The molecule has 5 N–H and O–H groups in total. The van der Waals surface area contributed by atoms with Crippen molar-refractivity contribution in [1.82, 2.24) is 11.0 Å². The van der Waals surface area contributed by atoms with Gasteiger partial charge in [0.25, 0.3) is 5.91 Å². The molecule has 0 unspecified atom stereocenters. The zero-order valence-corrected chi connectivity index (χ0v) is 16.1. The molecular weight excluding hydrogens is 407 g/mol.